The summed E-state index contributed by atoms with van der Waals surface area (Å²) in [6.45, 7) is 1.78. The van der Waals surface area contributed by atoms with Crippen LogP contribution < -0.4 is 10.6 Å². The zero-order valence-electron chi connectivity index (χ0n) is 17.8. The molecule has 1 saturated carbocycles. The van der Waals surface area contributed by atoms with Crippen LogP contribution in [0.4, 0.5) is 5.69 Å². The van der Waals surface area contributed by atoms with Crippen molar-refractivity contribution in [2.24, 2.45) is 13.0 Å². The summed E-state index contributed by atoms with van der Waals surface area (Å²) >= 11 is 1.30. The average molecular weight is 445 g/mol. The molecule has 0 spiro atoms. The van der Waals surface area contributed by atoms with Crippen LogP contribution in [0.1, 0.15) is 43.0 Å². The Hall–Kier alpha value is -2.81. The average Bonchev–Trinajstić information content (AvgIpc) is 3.17. The van der Waals surface area contributed by atoms with Crippen molar-refractivity contribution in [1.82, 2.24) is 14.9 Å². The zero-order valence-corrected chi connectivity index (χ0v) is 18.6. The Morgan fingerprint density at radius 3 is 2.71 bits per heavy atom. The second-order valence-corrected chi connectivity index (χ2v) is 8.66. The summed E-state index contributed by atoms with van der Waals surface area (Å²) in [5.41, 5.74) is 0.552. The van der Waals surface area contributed by atoms with Crippen LogP contribution in [0.25, 0.3) is 0 Å². The molecule has 1 aliphatic carbocycles. The summed E-state index contributed by atoms with van der Waals surface area (Å²) in [7, 11) is 1.85. The first-order chi connectivity index (χ1) is 14.9. The third kappa shape index (κ3) is 6.58. The van der Waals surface area contributed by atoms with Crippen molar-refractivity contribution in [3.63, 3.8) is 0 Å². The van der Waals surface area contributed by atoms with Crippen molar-refractivity contribution < 1.29 is 19.1 Å². The van der Waals surface area contributed by atoms with Gasteiger partial charge in [-0.15, -0.1) is 0 Å². The number of esters is 1. The number of aromatic nitrogens is 2. The summed E-state index contributed by atoms with van der Waals surface area (Å²) < 4.78 is 7.02. The molecular formula is C22H28N4O4S. The molecule has 2 amide bonds. The number of thioether (sulfide) groups is 1. The third-order valence-electron chi connectivity index (χ3n) is 5.32. The van der Waals surface area contributed by atoms with Gasteiger partial charge in [0.05, 0.1) is 17.0 Å². The van der Waals surface area contributed by atoms with E-state index < -0.39 is 5.97 Å². The number of rotatable bonds is 8. The lowest BCUT2D eigenvalue weighted by atomic mass is 9.86. The fraction of sp³-hybridized carbons (Fsp3) is 0.455. The van der Waals surface area contributed by atoms with Gasteiger partial charge in [-0.3, -0.25) is 9.59 Å². The van der Waals surface area contributed by atoms with Crippen molar-refractivity contribution in [2.75, 3.05) is 17.7 Å². The third-order valence-corrected chi connectivity index (χ3v) is 6.38. The van der Waals surface area contributed by atoms with Gasteiger partial charge in [0.15, 0.2) is 11.8 Å². The van der Waals surface area contributed by atoms with E-state index in [4.69, 9.17) is 4.74 Å². The molecule has 0 bridgehead atoms. The van der Waals surface area contributed by atoms with Gasteiger partial charge in [-0.05, 0) is 30.9 Å². The second kappa shape index (κ2) is 11.0. The summed E-state index contributed by atoms with van der Waals surface area (Å²) in [6, 6.07) is 6.71. The highest BCUT2D eigenvalue weighted by Gasteiger charge is 2.23. The molecule has 1 fully saturated rings. The van der Waals surface area contributed by atoms with Crippen LogP contribution in [0.2, 0.25) is 0 Å². The van der Waals surface area contributed by atoms with E-state index in [9.17, 15) is 14.4 Å². The summed E-state index contributed by atoms with van der Waals surface area (Å²) in [6.07, 6.45) is 7.79. The molecule has 0 saturated heterocycles. The van der Waals surface area contributed by atoms with Gasteiger partial charge in [-0.25, -0.2) is 9.78 Å². The number of ether oxygens (including phenoxy) is 1. The number of carbonyl (C=O) groups excluding carboxylic acids is 3. The fourth-order valence-electron chi connectivity index (χ4n) is 3.57. The van der Waals surface area contributed by atoms with Gasteiger partial charge in [0, 0.05) is 25.5 Å². The number of hydrogen-bond donors (Lipinski definition) is 2. The van der Waals surface area contributed by atoms with E-state index in [1.165, 1.54) is 18.2 Å². The predicted molar refractivity (Wildman–Crippen MR) is 119 cm³/mol. The molecule has 3 rings (SSSR count). The number of aryl methyl sites for hydroxylation is 1. The first-order valence-corrected chi connectivity index (χ1v) is 11.4. The van der Waals surface area contributed by atoms with E-state index >= 15 is 0 Å². The van der Waals surface area contributed by atoms with Crippen molar-refractivity contribution in [3.8, 4) is 0 Å². The number of carbonyl (C=O) groups is 3. The predicted octanol–water partition coefficient (Wildman–Crippen LogP) is 3.00. The van der Waals surface area contributed by atoms with Crippen molar-refractivity contribution >= 4 is 35.2 Å². The lowest BCUT2D eigenvalue weighted by Gasteiger charge is -2.29. The van der Waals surface area contributed by atoms with Crippen LogP contribution in [0.15, 0.2) is 41.8 Å². The molecule has 2 atom stereocenters. The molecule has 0 radical (unpaired) electrons. The van der Waals surface area contributed by atoms with Gasteiger partial charge in [-0.1, -0.05) is 43.7 Å². The number of amides is 2. The molecule has 8 nitrogen and oxygen atoms in total. The van der Waals surface area contributed by atoms with Gasteiger partial charge in [0.25, 0.3) is 5.91 Å². The molecule has 31 heavy (non-hydrogen) atoms. The molecule has 9 heteroatoms. The SMILES string of the molecule is CC1CCCCC1NC(=O)COC(=O)c1ccccc1NC(=O)CSc1nccn1C. The maximum absolute atomic E-state index is 12.5. The maximum Gasteiger partial charge on any atom is 0.340 e. The Kier molecular flexibility index (Phi) is 8.11. The lowest BCUT2D eigenvalue weighted by Crippen LogP contribution is -2.42. The minimum absolute atomic E-state index is 0.128. The van der Waals surface area contributed by atoms with Crippen LogP contribution in [0.3, 0.4) is 0 Å². The zero-order chi connectivity index (χ0) is 22.2. The number of hydrogen-bond acceptors (Lipinski definition) is 6. The number of anilines is 1. The quantitative estimate of drug-likeness (QED) is 0.479. The minimum atomic E-state index is -0.653. The molecule has 0 aliphatic heterocycles. The molecule has 2 unspecified atom stereocenters. The summed E-state index contributed by atoms with van der Waals surface area (Å²) in [4.78, 5) is 41.2. The Morgan fingerprint density at radius 1 is 1.19 bits per heavy atom. The van der Waals surface area contributed by atoms with E-state index in [0.717, 1.165) is 24.4 Å². The maximum atomic E-state index is 12.5. The molecule has 1 aliphatic rings. The van der Waals surface area contributed by atoms with Gasteiger partial charge in [0.1, 0.15) is 0 Å². The topological polar surface area (TPSA) is 102 Å². The Balaban J connectivity index is 1.51. The lowest BCUT2D eigenvalue weighted by molar-refractivity contribution is -0.125. The molecule has 166 valence electrons. The highest BCUT2D eigenvalue weighted by molar-refractivity contribution is 7.99. The first-order valence-electron chi connectivity index (χ1n) is 10.4. The molecule has 2 aromatic rings. The highest BCUT2D eigenvalue weighted by Crippen LogP contribution is 2.23. The highest BCUT2D eigenvalue weighted by atomic mass is 32.2. The van der Waals surface area contributed by atoms with E-state index in [1.54, 1.807) is 36.7 Å². The van der Waals surface area contributed by atoms with Crippen molar-refractivity contribution in [1.29, 1.82) is 0 Å². The van der Waals surface area contributed by atoms with Crippen molar-refractivity contribution in [3.05, 3.63) is 42.2 Å². The largest absolute Gasteiger partial charge is 0.452 e. The number of benzene rings is 1. The van der Waals surface area contributed by atoms with Crippen LogP contribution in [-0.4, -0.2) is 45.7 Å². The van der Waals surface area contributed by atoms with Crippen LogP contribution in [-0.2, 0) is 21.4 Å². The van der Waals surface area contributed by atoms with Crippen LogP contribution >= 0.6 is 11.8 Å². The monoisotopic (exact) mass is 444 g/mol. The Labute approximate surface area is 186 Å². The first kappa shape index (κ1) is 22.9. The molecular weight excluding hydrogens is 416 g/mol. The second-order valence-electron chi connectivity index (χ2n) is 7.72. The molecule has 1 aromatic heterocycles. The number of para-hydroxylation sites is 1. The van der Waals surface area contributed by atoms with E-state index in [2.05, 4.69) is 22.5 Å². The fourth-order valence-corrected chi connectivity index (χ4v) is 4.30. The Morgan fingerprint density at radius 2 is 1.97 bits per heavy atom. The smallest absolute Gasteiger partial charge is 0.340 e. The van der Waals surface area contributed by atoms with E-state index in [0.29, 0.717) is 11.6 Å². The number of nitrogens with zero attached hydrogens (tertiary/aromatic N) is 2. The van der Waals surface area contributed by atoms with Crippen LogP contribution in [0.5, 0.6) is 0 Å². The van der Waals surface area contributed by atoms with E-state index in [-0.39, 0.29) is 35.8 Å². The normalized spacial score (nSPS) is 18.3. The van der Waals surface area contributed by atoms with Gasteiger partial charge in [-0.2, -0.15) is 0 Å². The number of imidazole rings is 1. The number of nitrogens with one attached hydrogen (secondary N) is 2. The summed E-state index contributed by atoms with van der Waals surface area (Å²) in [5, 5.41) is 6.42. The molecule has 2 N–H and O–H groups in total. The van der Waals surface area contributed by atoms with E-state index in [1.807, 2.05) is 11.6 Å². The minimum Gasteiger partial charge on any atom is -0.452 e. The van der Waals surface area contributed by atoms with Crippen LogP contribution in [0, 0.1) is 5.92 Å². The van der Waals surface area contributed by atoms with Gasteiger partial charge < -0.3 is 19.9 Å². The van der Waals surface area contributed by atoms with Gasteiger partial charge in [0.2, 0.25) is 5.91 Å². The standard InChI is InChI=1S/C22H28N4O4S/c1-15-7-3-5-9-17(15)24-19(27)13-30-21(29)16-8-4-6-10-18(16)25-20(28)14-31-22-23-11-12-26(22)2/h4,6,8,10-12,15,17H,3,5,7,9,13-14H2,1-2H3,(H,24,27)(H,25,28). The summed E-state index contributed by atoms with van der Waals surface area (Å²) in [5.74, 6) is -0.652. The van der Waals surface area contributed by atoms with Crippen molar-refractivity contribution in [2.45, 2.75) is 43.8 Å². The molecule has 1 heterocycles. The molecule has 1 aromatic carbocycles. The Bertz CT molecular complexity index is 930. The van der Waals surface area contributed by atoms with Gasteiger partial charge >= 0.3 is 5.97 Å².